The number of halogens is 2. The molecule has 0 radical (unpaired) electrons. The van der Waals surface area contributed by atoms with E-state index in [2.05, 4.69) is 40.4 Å². The van der Waals surface area contributed by atoms with Crippen molar-refractivity contribution in [2.45, 2.75) is 45.3 Å². The molecule has 1 unspecified atom stereocenters. The van der Waals surface area contributed by atoms with Crippen LogP contribution in [0, 0.1) is 0 Å². The summed E-state index contributed by atoms with van der Waals surface area (Å²) in [6.07, 6.45) is 3.31. The fraction of sp³-hybridized carbons (Fsp3) is 0.682. The smallest absolute Gasteiger partial charge is 0.191 e. The van der Waals surface area contributed by atoms with Crippen molar-refractivity contribution >= 4 is 41.5 Å². The molecule has 1 saturated heterocycles. The van der Waals surface area contributed by atoms with E-state index in [1.165, 1.54) is 0 Å². The van der Waals surface area contributed by atoms with Crippen molar-refractivity contribution in [3.8, 4) is 0 Å². The fourth-order valence-corrected chi connectivity index (χ4v) is 3.89. The zero-order chi connectivity index (χ0) is 20.9. The molecule has 1 aromatic carbocycles. The van der Waals surface area contributed by atoms with Gasteiger partial charge in [0.05, 0.1) is 12.1 Å². The molecule has 2 rings (SSSR count). The topological polar surface area (TPSA) is 58.1 Å². The maximum Gasteiger partial charge on any atom is 0.191 e. The highest BCUT2D eigenvalue weighted by atomic mass is 127. The van der Waals surface area contributed by atoms with Gasteiger partial charge in [0.1, 0.15) is 0 Å². The SMILES string of the molecule is CCN(CC)C(CNC(=NC)NCCCOC1CCOCC1)c1ccccc1Cl.I. The lowest BCUT2D eigenvalue weighted by Gasteiger charge is -2.31. The number of guanidine groups is 1. The van der Waals surface area contributed by atoms with E-state index in [0.29, 0.717) is 6.10 Å². The normalized spacial score (nSPS) is 16.2. The van der Waals surface area contributed by atoms with E-state index in [-0.39, 0.29) is 30.0 Å². The molecule has 1 atom stereocenters. The van der Waals surface area contributed by atoms with Gasteiger partial charge >= 0.3 is 0 Å². The third-order valence-electron chi connectivity index (χ3n) is 5.34. The number of nitrogens with one attached hydrogen (secondary N) is 2. The number of hydrogen-bond acceptors (Lipinski definition) is 4. The lowest BCUT2D eigenvalue weighted by molar-refractivity contribution is -0.0320. The Hall–Kier alpha value is -0.610. The van der Waals surface area contributed by atoms with Crippen LogP contribution in [0.25, 0.3) is 0 Å². The zero-order valence-corrected chi connectivity index (χ0v) is 21.6. The van der Waals surface area contributed by atoms with Gasteiger partial charge in [-0.05, 0) is 44.0 Å². The Labute approximate surface area is 204 Å². The van der Waals surface area contributed by atoms with Crippen LogP contribution in [0.3, 0.4) is 0 Å². The van der Waals surface area contributed by atoms with Gasteiger partial charge in [0.25, 0.3) is 0 Å². The molecule has 0 saturated carbocycles. The van der Waals surface area contributed by atoms with E-state index in [9.17, 15) is 0 Å². The van der Waals surface area contributed by atoms with E-state index >= 15 is 0 Å². The number of ether oxygens (including phenoxy) is 2. The maximum absolute atomic E-state index is 6.49. The van der Waals surface area contributed by atoms with E-state index in [1.54, 1.807) is 7.05 Å². The standard InChI is InChI=1S/C22H37ClN4O2.HI/c1-4-27(5-2)21(19-9-6-7-10-20(19)23)17-26-22(24-3)25-13-8-14-29-18-11-15-28-16-12-18;/h6-7,9-10,18,21H,4-5,8,11-17H2,1-3H3,(H2,24,25,26);1H. The summed E-state index contributed by atoms with van der Waals surface area (Å²) in [5.41, 5.74) is 1.14. The highest BCUT2D eigenvalue weighted by Crippen LogP contribution is 2.26. The van der Waals surface area contributed by atoms with Gasteiger partial charge < -0.3 is 20.1 Å². The minimum absolute atomic E-state index is 0. The van der Waals surface area contributed by atoms with Crippen LogP contribution >= 0.6 is 35.6 Å². The predicted octanol–water partition coefficient (Wildman–Crippen LogP) is 4.09. The third-order valence-corrected chi connectivity index (χ3v) is 5.68. The Kier molecular flexibility index (Phi) is 14.7. The van der Waals surface area contributed by atoms with Gasteiger partial charge in [-0.25, -0.2) is 0 Å². The second-order valence-corrected chi connectivity index (χ2v) is 7.58. The van der Waals surface area contributed by atoms with E-state index in [1.807, 2.05) is 18.2 Å². The van der Waals surface area contributed by atoms with Crippen molar-refractivity contribution in [2.24, 2.45) is 4.99 Å². The Morgan fingerprint density at radius 3 is 2.57 bits per heavy atom. The average Bonchev–Trinajstić information content (AvgIpc) is 2.76. The van der Waals surface area contributed by atoms with Gasteiger partial charge in [-0.15, -0.1) is 24.0 Å². The molecule has 1 fully saturated rings. The first-order valence-corrected chi connectivity index (χ1v) is 11.2. The predicted molar refractivity (Wildman–Crippen MR) is 136 cm³/mol. The minimum atomic E-state index is 0. The molecule has 30 heavy (non-hydrogen) atoms. The molecule has 8 heteroatoms. The Morgan fingerprint density at radius 1 is 1.23 bits per heavy atom. The van der Waals surface area contributed by atoms with Crippen molar-refractivity contribution < 1.29 is 9.47 Å². The van der Waals surface area contributed by atoms with Crippen molar-refractivity contribution in [2.75, 3.05) is 53.0 Å². The summed E-state index contributed by atoms with van der Waals surface area (Å²) >= 11 is 6.49. The Bertz CT molecular complexity index is 611. The van der Waals surface area contributed by atoms with Crippen LogP contribution in [-0.4, -0.2) is 70.0 Å². The van der Waals surface area contributed by atoms with Gasteiger partial charge in [0.15, 0.2) is 5.96 Å². The van der Waals surface area contributed by atoms with Gasteiger partial charge in [-0.1, -0.05) is 43.6 Å². The molecule has 0 aromatic heterocycles. The molecule has 172 valence electrons. The van der Waals surface area contributed by atoms with Crippen molar-refractivity contribution in [3.63, 3.8) is 0 Å². The number of rotatable bonds is 11. The fourth-order valence-electron chi connectivity index (χ4n) is 3.63. The van der Waals surface area contributed by atoms with Crippen molar-refractivity contribution in [3.05, 3.63) is 34.9 Å². The second kappa shape index (κ2) is 16.1. The van der Waals surface area contributed by atoms with Gasteiger partial charge in [0.2, 0.25) is 0 Å². The van der Waals surface area contributed by atoms with Gasteiger partial charge in [0, 0.05) is 45.0 Å². The number of aliphatic imine (C=N–C) groups is 1. The monoisotopic (exact) mass is 552 g/mol. The van der Waals surface area contributed by atoms with Crippen LogP contribution in [0.5, 0.6) is 0 Å². The maximum atomic E-state index is 6.49. The first-order valence-electron chi connectivity index (χ1n) is 10.8. The molecule has 0 amide bonds. The van der Waals surface area contributed by atoms with Crippen LogP contribution in [0.1, 0.15) is 44.7 Å². The summed E-state index contributed by atoms with van der Waals surface area (Å²) in [5.74, 6) is 0.806. The first kappa shape index (κ1) is 27.4. The summed E-state index contributed by atoms with van der Waals surface area (Å²) in [6.45, 7) is 10.2. The van der Waals surface area contributed by atoms with Crippen LogP contribution in [-0.2, 0) is 9.47 Å². The van der Waals surface area contributed by atoms with Gasteiger partial charge in [-0.2, -0.15) is 0 Å². The van der Waals surface area contributed by atoms with Gasteiger partial charge in [-0.3, -0.25) is 9.89 Å². The molecule has 0 spiro atoms. The van der Waals surface area contributed by atoms with E-state index < -0.39 is 0 Å². The summed E-state index contributed by atoms with van der Waals surface area (Å²) in [5, 5.41) is 7.66. The van der Waals surface area contributed by atoms with Crippen molar-refractivity contribution in [1.82, 2.24) is 15.5 Å². The molecule has 1 aromatic rings. The van der Waals surface area contributed by atoms with Crippen LogP contribution in [0.2, 0.25) is 5.02 Å². The lowest BCUT2D eigenvalue weighted by atomic mass is 10.0. The number of hydrogen-bond donors (Lipinski definition) is 2. The first-order chi connectivity index (χ1) is 14.2. The Morgan fingerprint density at radius 2 is 1.93 bits per heavy atom. The summed E-state index contributed by atoms with van der Waals surface area (Å²) in [4.78, 5) is 6.77. The molecule has 1 heterocycles. The number of nitrogens with zero attached hydrogens (tertiary/aromatic N) is 2. The van der Waals surface area contributed by atoms with E-state index in [0.717, 1.165) is 81.8 Å². The quantitative estimate of drug-likeness (QED) is 0.187. The van der Waals surface area contributed by atoms with Crippen molar-refractivity contribution in [1.29, 1.82) is 0 Å². The lowest BCUT2D eigenvalue weighted by Crippen LogP contribution is -2.43. The molecule has 2 N–H and O–H groups in total. The largest absolute Gasteiger partial charge is 0.381 e. The molecule has 0 aliphatic carbocycles. The number of likely N-dealkylation sites (N-methyl/N-ethyl adjacent to an activating group) is 1. The summed E-state index contributed by atoms with van der Waals surface area (Å²) in [6, 6.07) is 8.27. The Balaban J connectivity index is 0.00000450. The minimum Gasteiger partial charge on any atom is -0.381 e. The van der Waals surface area contributed by atoms with E-state index in [4.69, 9.17) is 21.1 Å². The van der Waals surface area contributed by atoms with Crippen LogP contribution < -0.4 is 10.6 Å². The molecular formula is C22H38ClIN4O2. The molecule has 6 nitrogen and oxygen atoms in total. The van der Waals surface area contributed by atoms with Crippen LogP contribution in [0.4, 0.5) is 0 Å². The summed E-state index contributed by atoms with van der Waals surface area (Å²) < 4.78 is 11.3. The molecular weight excluding hydrogens is 515 g/mol. The third kappa shape index (κ3) is 9.26. The zero-order valence-electron chi connectivity index (χ0n) is 18.5. The summed E-state index contributed by atoms with van der Waals surface area (Å²) in [7, 11) is 1.80. The van der Waals surface area contributed by atoms with Crippen LogP contribution in [0.15, 0.2) is 29.3 Å². The highest BCUT2D eigenvalue weighted by molar-refractivity contribution is 14.0. The average molecular weight is 553 g/mol. The number of benzene rings is 1. The highest BCUT2D eigenvalue weighted by Gasteiger charge is 2.20. The molecule has 1 aliphatic heterocycles. The second-order valence-electron chi connectivity index (χ2n) is 7.17. The molecule has 1 aliphatic rings. The molecule has 0 bridgehead atoms.